The van der Waals surface area contributed by atoms with Crippen molar-refractivity contribution in [2.75, 3.05) is 13.2 Å². The fraction of sp³-hybridized carbons (Fsp3) is 0.778. The standard InChI is InChI=1S/C9H11F3N2O5/c10-9(11,12)8-14-13-7(19-8)3-2-18-4(1-15)6(17)5(3)16/h3-6,15-17H,1-2H2/t3-,4+,5+,6-/m0/s1. The van der Waals surface area contributed by atoms with Crippen LogP contribution in [0.2, 0.25) is 0 Å². The topological polar surface area (TPSA) is 109 Å². The summed E-state index contributed by atoms with van der Waals surface area (Å²) in [4.78, 5) is 0. The summed E-state index contributed by atoms with van der Waals surface area (Å²) in [5.74, 6) is -3.09. The van der Waals surface area contributed by atoms with Gasteiger partial charge < -0.3 is 24.5 Å². The van der Waals surface area contributed by atoms with Gasteiger partial charge in [0.1, 0.15) is 12.2 Å². The second-order valence-corrected chi connectivity index (χ2v) is 4.09. The van der Waals surface area contributed by atoms with E-state index in [2.05, 4.69) is 14.6 Å². The SMILES string of the molecule is OC[C@H]1OC[C@H](c2nnc(C(F)(F)F)o2)[C@@H](O)[C@H]1O. The van der Waals surface area contributed by atoms with Gasteiger partial charge in [0.15, 0.2) is 0 Å². The zero-order valence-corrected chi connectivity index (χ0v) is 9.41. The molecule has 0 radical (unpaired) electrons. The Balaban J connectivity index is 2.16. The fourth-order valence-electron chi connectivity index (χ4n) is 1.76. The Morgan fingerprint density at radius 1 is 1.21 bits per heavy atom. The fourth-order valence-corrected chi connectivity index (χ4v) is 1.76. The van der Waals surface area contributed by atoms with E-state index in [-0.39, 0.29) is 6.61 Å². The smallest absolute Gasteiger partial charge is 0.417 e. The van der Waals surface area contributed by atoms with Gasteiger partial charge in [-0.25, -0.2) is 0 Å². The molecule has 1 aliphatic rings. The van der Waals surface area contributed by atoms with Crippen LogP contribution < -0.4 is 0 Å². The zero-order valence-electron chi connectivity index (χ0n) is 9.41. The summed E-state index contributed by atoms with van der Waals surface area (Å²) < 4.78 is 46.3. The highest BCUT2D eigenvalue weighted by molar-refractivity contribution is 5.02. The lowest BCUT2D eigenvalue weighted by Crippen LogP contribution is -2.50. The molecule has 19 heavy (non-hydrogen) atoms. The largest absolute Gasteiger partial charge is 0.470 e. The van der Waals surface area contributed by atoms with Gasteiger partial charge in [0.05, 0.1) is 25.2 Å². The number of ether oxygens (including phenoxy) is 1. The van der Waals surface area contributed by atoms with Crippen LogP contribution in [0.25, 0.3) is 0 Å². The number of rotatable bonds is 2. The minimum atomic E-state index is -4.78. The predicted molar refractivity (Wildman–Crippen MR) is 50.9 cm³/mol. The molecule has 2 heterocycles. The quantitative estimate of drug-likeness (QED) is 0.658. The van der Waals surface area contributed by atoms with E-state index in [1.165, 1.54) is 0 Å². The summed E-state index contributed by atoms with van der Waals surface area (Å²) in [6, 6.07) is 0. The first-order valence-electron chi connectivity index (χ1n) is 5.33. The van der Waals surface area contributed by atoms with Gasteiger partial charge in [0.2, 0.25) is 5.89 Å². The summed E-state index contributed by atoms with van der Waals surface area (Å²) >= 11 is 0. The van der Waals surface area contributed by atoms with E-state index in [0.717, 1.165) is 0 Å². The third kappa shape index (κ3) is 2.71. The summed E-state index contributed by atoms with van der Waals surface area (Å²) in [6.07, 6.45) is -8.70. The van der Waals surface area contributed by atoms with Crippen molar-refractivity contribution in [2.24, 2.45) is 0 Å². The second kappa shape index (κ2) is 5.04. The highest BCUT2D eigenvalue weighted by atomic mass is 19.4. The maximum absolute atomic E-state index is 12.3. The number of halogens is 3. The molecule has 1 aromatic rings. The molecule has 4 atom stereocenters. The zero-order chi connectivity index (χ0) is 14.2. The second-order valence-electron chi connectivity index (χ2n) is 4.09. The van der Waals surface area contributed by atoms with E-state index >= 15 is 0 Å². The first-order valence-corrected chi connectivity index (χ1v) is 5.33. The molecule has 1 fully saturated rings. The number of hydrogen-bond acceptors (Lipinski definition) is 7. The highest BCUT2D eigenvalue weighted by Gasteiger charge is 2.44. The molecule has 10 heteroatoms. The Morgan fingerprint density at radius 2 is 1.89 bits per heavy atom. The minimum Gasteiger partial charge on any atom is -0.417 e. The van der Waals surface area contributed by atoms with Crippen molar-refractivity contribution in [1.29, 1.82) is 0 Å². The van der Waals surface area contributed by atoms with Crippen LogP contribution in [0.3, 0.4) is 0 Å². The Morgan fingerprint density at radius 3 is 2.42 bits per heavy atom. The van der Waals surface area contributed by atoms with E-state index in [9.17, 15) is 23.4 Å². The lowest BCUT2D eigenvalue weighted by Gasteiger charge is -2.35. The minimum absolute atomic E-state index is 0.247. The van der Waals surface area contributed by atoms with Gasteiger partial charge in [-0.2, -0.15) is 13.2 Å². The average molecular weight is 284 g/mol. The van der Waals surface area contributed by atoms with Crippen molar-refractivity contribution in [1.82, 2.24) is 10.2 Å². The monoisotopic (exact) mass is 284 g/mol. The molecule has 2 rings (SSSR count). The molecule has 0 amide bonds. The van der Waals surface area contributed by atoms with Gasteiger partial charge in [-0.1, -0.05) is 0 Å². The van der Waals surface area contributed by atoms with Gasteiger partial charge in [0.25, 0.3) is 0 Å². The molecular formula is C9H11F3N2O5. The number of alkyl halides is 3. The molecule has 0 bridgehead atoms. The summed E-state index contributed by atoms with van der Waals surface area (Å²) in [5.41, 5.74) is 0. The Bertz CT molecular complexity index is 438. The summed E-state index contributed by atoms with van der Waals surface area (Å²) in [5, 5.41) is 34.2. The molecule has 1 aliphatic heterocycles. The van der Waals surface area contributed by atoms with Crippen LogP contribution in [0.1, 0.15) is 17.7 Å². The molecule has 0 spiro atoms. The van der Waals surface area contributed by atoms with Crippen LogP contribution in [-0.2, 0) is 10.9 Å². The van der Waals surface area contributed by atoms with Crippen LogP contribution in [-0.4, -0.2) is 57.0 Å². The van der Waals surface area contributed by atoms with Crippen LogP contribution in [0, 0.1) is 0 Å². The lowest BCUT2D eigenvalue weighted by molar-refractivity contribution is -0.166. The van der Waals surface area contributed by atoms with Crippen LogP contribution in [0.15, 0.2) is 4.42 Å². The normalized spacial score (nSPS) is 32.5. The molecule has 0 unspecified atom stereocenters. The highest BCUT2D eigenvalue weighted by Crippen LogP contribution is 2.32. The number of nitrogens with zero attached hydrogens (tertiary/aromatic N) is 2. The molecule has 0 aromatic carbocycles. The van der Waals surface area contributed by atoms with Crippen LogP contribution >= 0.6 is 0 Å². The molecule has 1 aromatic heterocycles. The molecule has 7 nitrogen and oxygen atoms in total. The molecule has 0 aliphatic carbocycles. The van der Waals surface area contributed by atoms with Gasteiger partial charge in [-0.05, 0) is 0 Å². The van der Waals surface area contributed by atoms with Crippen molar-refractivity contribution in [3.63, 3.8) is 0 Å². The predicted octanol–water partition coefficient (Wildman–Crippen LogP) is -0.715. The molecule has 1 saturated heterocycles. The van der Waals surface area contributed by atoms with Gasteiger partial charge >= 0.3 is 12.1 Å². The molecule has 3 N–H and O–H groups in total. The first kappa shape index (κ1) is 14.2. The molecular weight excluding hydrogens is 273 g/mol. The van der Waals surface area contributed by atoms with Crippen LogP contribution in [0.5, 0.6) is 0 Å². The molecule has 0 saturated carbocycles. The van der Waals surface area contributed by atoms with Crippen molar-refractivity contribution >= 4 is 0 Å². The summed E-state index contributed by atoms with van der Waals surface area (Å²) in [6.45, 7) is -0.772. The van der Waals surface area contributed by atoms with Crippen molar-refractivity contribution in [3.8, 4) is 0 Å². The van der Waals surface area contributed by atoms with E-state index < -0.39 is 48.8 Å². The van der Waals surface area contributed by atoms with Gasteiger partial charge in [-0.3, -0.25) is 0 Å². The first-order chi connectivity index (χ1) is 8.84. The van der Waals surface area contributed by atoms with E-state index in [4.69, 9.17) is 9.84 Å². The Kier molecular flexibility index (Phi) is 3.76. The van der Waals surface area contributed by atoms with Gasteiger partial charge in [-0.15, -0.1) is 10.2 Å². The lowest BCUT2D eigenvalue weighted by atomic mass is 9.92. The third-order valence-electron chi connectivity index (χ3n) is 2.81. The molecule has 108 valence electrons. The maximum atomic E-state index is 12.3. The van der Waals surface area contributed by atoms with Crippen molar-refractivity contribution < 1.29 is 37.6 Å². The third-order valence-corrected chi connectivity index (χ3v) is 2.81. The van der Waals surface area contributed by atoms with E-state index in [1.807, 2.05) is 0 Å². The van der Waals surface area contributed by atoms with Gasteiger partial charge in [0, 0.05) is 0 Å². The van der Waals surface area contributed by atoms with E-state index in [1.54, 1.807) is 0 Å². The Hall–Kier alpha value is -1.23. The Labute approximate surface area is 104 Å². The van der Waals surface area contributed by atoms with E-state index in [0.29, 0.717) is 0 Å². The number of aromatic nitrogens is 2. The summed E-state index contributed by atoms with van der Waals surface area (Å²) in [7, 11) is 0. The number of aliphatic hydroxyl groups excluding tert-OH is 3. The number of aliphatic hydroxyl groups is 3. The van der Waals surface area contributed by atoms with Crippen molar-refractivity contribution in [2.45, 2.75) is 30.4 Å². The maximum Gasteiger partial charge on any atom is 0.470 e. The average Bonchev–Trinajstić information content (AvgIpc) is 2.81. The van der Waals surface area contributed by atoms with Crippen molar-refractivity contribution in [3.05, 3.63) is 11.8 Å². The van der Waals surface area contributed by atoms with Crippen LogP contribution in [0.4, 0.5) is 13.2 Å². The number of hydrogen-bond donors (Lipinski definition) is 3.